The number of benzene rings is 1. The van der Waals surface area contributed by atoms with E-state index in [0.29, 0.717) is 11.4 Å². The van der Waals surface area contributed by atoms with Gasteiger partial charge in [-0.05, 0) is 24.1 Å². The SMILES string of the molecule is CCc1ccc(OC)c(NC(=O)CCC#N)c1. The molecule has 4 nitrogen and oxygen atoms in total. The highest BCUT2D eigenvalue weighted by Crippen LogP contribution is 2.25. The predicted molar refractivity (Wildman–Crippen MR) is 65.8 cm³/mol. The molecule has 0 aromatic heterocycles. The molecule has 90 valence electrons. The Labute approximate surface area is 101 Å². The number of amides is 1. The lowest BCUT2D eigenvalue weighted by atomic mass is 10.1. The van der Waals surface area contributed by atoms with Gasteiger partial charge in [0.25, 0.3) is 0 Å². The number of rotatable bonds is 5. The molecule has 0 aliphatic rings. The number of aryl methyl sites for hydroxylation is 1. The normalized spacial score (nSPS) is 9.47. The number of carbonyl (C=O) groups is 1. The number of nitriles is 1. The van der Waals surface area contributed by atoms with Crippen molar-refractivity contribution in [1.82, 2.24) is 0 Å². The van der Waals surface area contributed by atoms with Crippen molar-refractivity contribution < 1.29 is 9.53 Å². The number of carbonyl (C=O) groups excluding carboxylic acids is 1. The molecule has 0 bridgehead atoms. The van der Waals surface area contributed by atoms with Gasteiger partial charge < -0.3 is 10.1 Å². The molecule has 1 N–H and O–H groups in total. The van der Waals surface area contributed by atoms with Crippen molar-refractivity contribution in [3.63, 3.8) is 0 Å². The van der Waals surface area contributed by atoms with Crippen molar-refractivity contribution in [2.24, 2.45) is 0 Å². The standard InChI is InChI=1S/C13H16N2O2/c1-3-10-6-7-12(17-2)11(9-10)15-13(16)5-4-8-14/h6-7,9H,3-5H2,1-2H3,(H,15,16). The van der Waals surface area contributed by atoms with E-state index in [0.717, 1.165) is 12.0 Å². The topological polar surface area (TPSA) is 62.1 Å². The third kappa shape index (κ3) is 3.80. The molecule has 4 heteroatoms. The summed E-state index contributed by atoms with van der Waals surface area (Å²) in [6.07, 6.45) is 1.32. The highest BCUT2D eigenvalue weighted by atomic mass is 16.5. The van der Waals surface area contributed by atoms with E-state index in [2.05, 4.69) is 5.32 Å². The van der Waals surface area contributed by atoms with Crippen LogP contribution >= 0.6 is 0 Å². The van der Waals surface area contributed by atoms with Crippen LogP contribution in [-0.4, -0.2) is 13.0 Å². The lowest BCUT2D eigenvalue weighted by molar-refractivity contribution is -0.116. The van der Waals surface area contributed by atoms with Gasteiger partial charge >= 0.3 is 0 Å². The summed E-state index contributed by atoms with van der Waals surface area (Å²) in [5.74, 6) is 0.464. The van der Waals surface area contributed by atoms with Crippen LogP contribution in [0.3, 0.4) is 0 Å². The van der Waals surface area contributed by atoms with Gasteiger partial charge in [-0.3, -0.25) is 4.79 Å². The first-order chi connectivity index (χ1) is 8.21. The summed E-state index contributed by atoms with van der Waals surface area (Å²) in [6, 6.07) is 7.63. The second kappa shape index (κ2) is 6.54. The van der Waals surface area contributed by atoms with Crippen molar-refractivity contribution in [2.45, 2.75) is 26.2 Å². The molecule has 1 aromatic carbocycles. The van der Waals surface area contributed by atoms with E-state index in [1.54, 1.807) is 7.11 Å². The number of ether oxygens (including phenoxy) is 1. The maximum atomic E-state index is 11.5. The third-order valence-electron chi connectivity index (χ3n) is 2.41. The summed E-state index contributed by atoms with van der Waals surface area (Å²) < 4.78 is 5.17. The minimum atomic E-state index is -0.168. The summed E-state index contributed by atoms with van der Waals surface area (Å²) in [5, 5.41) is 11.2. The van der Waals surface area contributed by atoms with Crippen molar-refractivity contribution in [2.75, 3.05) is 12.4 Å². The molecule has 1 rings (SSSR count). The van der Waals surface area contributed by atoms with Gasteiger partial charge in [0.15, 0.2) is 0 Å². The molecule has 1 amide bonds. The summed E-state index contributed by atoms with van der Waals surface area (Å²) >= 11 is 0. The molecule has 0 heterocycles. The monoisotopic (exact) mass is 232 g/mol. The van der Waals surface area contributed by atoms with Crippen molar-refractivity contribution in [1.29, 1.82) is 5.26 Å². The summed E-state index contributed by atoms with van der Waals surface area (Å²) in [7, 11) is 1.56. The molecular formula is C13H16N2O2. The predicted octanol–water partition coefficient (Wildman–Crippen LogP) is 2.50. The zero-order chi connectivity index (χ0) is 12.7. The van der Waals surface area contributed by atoms with Crippen LogP contribution in [0.2, 0.25) is 0 Å². The molecule has 0 aliphatic carbocycles. The van der Waals surface area contributed by atoms with Gasteiger partial charge in [0.2, 0.25) is 5.91 Å². The molecule has 0 aliphatic heterocycles. The highest BCUT2D eigenvalue weighted by Gasteiger charge is 2.07. The van der Waals surface area contributed by atoms with Gasteiger partial charge in [-0.25, -0.2) is 0 Å². The number of nitrogens with zero attached hydrogens (tertiary/aromatic N) is 1. The Morgan fingerprint density at radius 2 is 2.29 bits per heavy atom. The molecule has 0 fully saturated rings. The number of methoxy groups -OCH3 is 1. The number of nitrogens with one attached hydrogen (secondary N) is 1. The van der Waals surface area contributed by atoms with Crippen molar-refractivity contribution in [3.05, 3.63) is 23.8 Å². The average molecular weight is 232 g/mol. The summed E-state index contributed by atoms with van der Waals surface area (Å²) in [6.45, 7) is 2.04. The quantitative estimate of drug-likeness (QED) is 0.848. The minimum absolute atomic E-state index is 0.168. The Balaban J connectivity index is 2.80. The van der Waals surface area contributed by atoms with Gasteiger partial charge in [0.1, 0.15) is 5.75 Å². The van der Waals surface area contributed by atoms with Crippen LogP contribution in [0.5, 0.6) is 5.75 Å². The number of hydrogen-bond donors (Lipinski definition) is 1. The van der Waals surface area contributed by atoms with Gasteiger partial charge in [0.05, 0.1) is 18.9 Å². The number of anilines is 1. The first-order valence-electron chi connectivity index (χ1n) is 5.55. The van der Waals surface area contributed by atoms with Crippen LogP contribution in [-0.2, 0) is 11.2 Å². The van der Waals surface area contributed by atoms with Crippen molar-refractivity contribution in [3.8, 4) is 11.8 Å². The average Bonchev–Trinajstić information content (AvgIpc) is 2.36. The fraction of sp³-hybridized carbons (Fsp3) is 0.385. The Kier molecular flexibility index (Phi) is 5.02. The Bertz CT molecular complexity index is 436. The van der Waals surface area contributed by atoms with Crippen molar-refractivity contribution >= 4 is 11.6 Å². The highest BCUT2D eigenvalue weighted by molar-refractivity contribution is 5.92. The summed E-state index contributed by atoms with van der Waals surface area (Å²) in [5.41, 5.74) is 1.79. The van der Waals surface area contributed by atoms with Crippen LogP contribution in [0.4, 0.5) is 5.69 Å². The van der Waals surface area contributed by atoms with Crippen LogP contribution in [0.1, 0.15) is 25.3 Å². The summed E-state index contributed by atoms with van der Waals surface area (Å²) in [4.78, 5) is 11.5. The van der Waals surface area contributed by atoms with E-state index in [-0.39, 0.29) is 18.7 Å². The van der Waals surface area contributed by atoms with Gasteiger partial charge in [-0.15, -0.1) is 0 Å². The molecule has 17 heavy (non-hydrogen) atoms. The minimum Gasteiger partial charge on any atom is -0.495 e. The smallest absolute Gasteiger partial charge is 0.225 e. The lowest BCUT2D eigenvalue weighted by Crippen LogP contribution is -2.11. The van der Waals surface area contributed by atoms with E-state index >= 15 is 0 Å². The molecule has 0 saturated carbocycles. The second-order valence-corrected chi connectivity index (χ2v) is 3.59. The molecule has 0 unspecified atom stereocenters. The first-order valence-corrected chi connectivity index (χ1v) is 5.55. The fourth-order valence-electron chi connectivity index (χ4n) is 1.45. The molecule has 0 spiro atoms. The molecule has 0 radical (unpaired) electrons. The van der Waals surface area contributed by atoms with Gasteiger partial charge in [-0.1, -0.05) is 13.0 Å². The van der Waals surface area contributed by atoms with E-state index in [1.807, 2.05) is 31.2 Å². The fourth-order valence-corrected chi connectivity index (χ4v) is 1.45. The maximum Gasteiger partial charge on any atom is 0.225 e. The maximum absolute atomic E-state index is 11.5. The van der Waals surface area contributed by atoms with Crippen LogP contribution in [0, 0.1) is 11.3 Å². The third-order valence-corrected chi connectivity index (χ3v) is 2.41. The zero-order valence-corrected chi connectivity index (χ0v) is 10.1. The Hall–Kier alpha value is -2.02. The largest absolute Gasteiger partial charge is 0.495 e. The molecule has 1 aromatic rings. The molecule has 0 atom stereocenters. The lowest BCUT2D eigenvalue weighted by Gasteiger charge is -2.11. The Morgan fingerprint density at radius 1 is 1.53 bits per heavy atom. The van der Waals surface area contributed by atoms with Gasteiger partial charge in [0, 0.05) is 12.8 Å². The van der Waals surface area contributed by atoms with E-state index in [1.165, 1.54) is 0 Å². The van der Waals surface area contributed by atoms with Crippen LogP contribution in [0.15, 0.2) is 18.2 Å². The van der Waals surface area contributed by atoms with E-state index in [9.17, 15) is 4.79 Å². The van der Waals surface area contributed by atoms with E-state index < -0.39 is 0 Å². The zero-order valence-electron chi connectivity index (χ0n) is 10.1. The second-order valence-electron chi connectivity index (χ2n) is 3.59. The molecule has 0 saturated heterocycles. The van der Waals surface area contributed by atoms with Gasteiger partial charge in [-0.2, -0.15) is 5.26 Å². The first kappa shape index (κ1) is 13.0. The van der Waals surface area contributed by atoms with Crippen LogP contribution < -0.4 is 10.1 Å². The van der Waals surface area contributed by atoms with E-state index in [4.69, 9.17) is 10.00 Å². The number of hydrogen-bond acceptors (Lipinski definition) is 3. The molecular weight excluding hydrogens is 216 g/mol. The Morgan fingerprint density at radius 3 is 2.88 bits per heavy atom. The van der Waals surface area contributed by atoms with Crippen LogP contribution in [0.25, 0.3) is 0 Å².